The third kappa shape index (κ3) is 5.20. The molecule has 0 unspecified atom stereocenters. The lowest BCUT2D eigenvalue weighted by atomic mass is 10.1. The Labute approximate surface area is 164 Å². The maximum absolute atomic E-state index is 12.3. The summed E-state index contributed by atoms with van der Waals surface area (Å²) in [4.78, 5) is 12.3. The van der Waals surface area contributed by atoms with E-state index in [1.807, 2.05) is 73.7 Å². The van der Waals surface area contributed by atoms with Crippen LogP contribution in [-0.4, -0.2) is 18.7 Å². The largest absolute Gasteiger partial charge is 0.497 e. The first kappa shape index (κ1) is 19.2. The molecule has 0 aliphatic carbocycles. The maximum Gasteiger partial charge on any atom is 0.271 e. The van der Waals surface area contributed by atoms with Crippen molar-refractivity contribution in [3.05, 3.63) is 95.6 Å². The van der Waals surface area contributed by atoms with E-state index < -0.39 is 0 Å². The Morgan fingerprint density at radius 1 is 0.893 bits per heavy atom. The molecule has 5 nitrogen and oxygen atoms in total. The van der Waals surface area contributed by atoms with E-state index in [1.54, 1.807) is 19.2 Å². The highest BCUT2D eigenvalue weighted by atomic mass is 16.5. The smallest absolute Gasteiger partial charge is 0.271 e. The number of benzene rings is 3. The van der Waals surface area contributed by atoms with Gasteiger partial charge >= 0.3 is 0 Å². The van der Waals surface area contributed by atoms with Crippen LogP contribution in [0.1, 0.15) is 28.4 Å². The SMILES string of the molecule is COc1cccc(C(C)=NNC(=O)c2ccc(COc3ccccc3)cc2)c1. The molecular formula is C23H22N2O3. The van der Waals surface area contributed by atoms with Crippen molar-refractivity contribution in [1.29, 1.82) is 0 Å². The third-order valence-electron chi connectivity index (χ3n) is 4.18. The summed E-state index contributed by atoms with van der Waals surface area (Å²) in [5.74, 6) is 1.29. The Bertz CT molecular complexity index is 951. The molecule has 0 aliphatic rings. The highest BCUT2D eigenvalue weighted by Crippen LogP contribution is 2.14. The van der Waals surface area contributed by atoms with Crippen molar-refractivity contribution < 1.29 is 14.3 Å². The second-order valence-electron chi connectivity index (χ2n) is 6.17. The van der Waals surface area contributed by atoms with Crippen LogP contribution in [0.15, 0.2) is 84.0 Å². The van der Waals surface area contributed by atoms with Crippen molar-refractivity contribution in [3.63, 3.8) is 0 Å². The standard InChI is InChI=1S/C23H22N2O3/c1-17(20-7-6-10-22(15-20)27-2)24-25-23(26)19-13-11-18(12-14-19)16-28-21-8-4-3-5-9-21/h3-15H,16H2,1-2H3,(H,25,26). The van der Waals surface area contributed by atoms with Crippen LogP contribution in [0.3, 0.4) is 0 Å². The predicted molar refractivity (Wildman–Crippen MR) is 110 cm³/mol. The average Bonchev–Trinajstić information content (AvgIpc) is 2.77. The van der Waals surface area contributed by atoms with Gasteiger partial charge in [0.25, 0.3) is 5.91 Å². The molecule has 3 aromatic carbocycles. The van der Waals surface area contributed by atoms with Gasteiger partial charge in [-0.25, -0.2) is 5.43 Å². The quantitative estimate of drug-likeness (QED) is 0.492. The number of hydrogen-bond acceptors (Lipinski definition) is 4. The summed E-state index contributed by atoms with van der Waals surface area (Å²) < 4.78 is 10.9. The molecule has 0 heterocycles. The van der Waals surface area contributed by atoms with Gasteiger partial charge in [-0.1, -0.05) is 42.5 Å². The van der Waals surface area contributed by atoms with E-state index in [0.717, 1.165) is 22.6 Å². The predicted octanol–water partition coefficient (Wildman–Crippen LogP) is 4.43. The monoisotopic (exact) mass is 374 g/mol. The zero-order valence-electron chi connectivity index (χ0n) is 15.9. The van der Waals surface area contributed by atoms with Crippen LogP contribution in [0.4, 0.5) is 0 Å². The van der Waals surface area contributed by atoms with E-state index in [-0.39, 0.29) is 5.91 Å². The third-order valence-corrected chi connectivity index (χ3v) is 4.18. The molecule has 1 N–H and O–H groups in total. The summed E-state index contributed by atoms with van der Waals surface area (Å²) in [6, 6.07) is 24.4. The number of methoxy groups -OCH3 is 1. The Balaban J connectivity index is 1.58. The molecule has 28 heavy (non-hydrogen) atoms. The number of nitrogens with one attached hydrogen (secondary N) is 1. The Kier molecular flexibility index (Phi) is 6.41. The summed E-state index contributed by atoms with van der Waals surface area (Å²) >= 11 is 0. The molecular weight excluding hydrogens is 352 g/mol. The lowest BCUT2D eigenvalue weighted by Gasteiger charge is -2.07. The molecule has 0 radical (unpaired) electrons. The lowest BCUT2D eigenvalue weighted by Crippen LogP contribution is -2.19. The lowest BCUT2D eigenvalue weighted by molar-refractivity contribution is 0.0955. The van der Waals surface area contributed by atoms with Crippen molar-refractivity contribution in [3.8, 4) is 11.5 Å². The van der Waals surface area contributed by atoms with Crippen molar-refractivity contribution in [1.82, 2.24) is 5.43 Å². The Morgan fingerprint density at radius 3 is 2.32 bits per heavy atom. The summed E-state index contributed by atoms with van der Waals surface area (Å²) in [7, 11) is 1.61. The number of rotatable bonds is 7. The van der Waals surface area contributed by atoms with Crippen molar-refractivity contribution in [2.45, 2.75) is 13.5 Å². The average molecular weight is 374 g/mol. The summed E-state index contributed by atoms with van der Waals surface area (Å²) in [6.07, 6.45) is 0. The van der Waals surface area contributed by atoms with Crippen LogP contribution >= 0.6 is 0 Å². The van der Waals surface area contributed by atoms with Crippen molar-refractivity contribution >= 4 is 11.6 Å². The molecule has 0 spiro atoms. The molecule has 0 atom stereocenters. The van der Waals surface area contributed by atoms with Gasteiger partial charge in [-0.2, -0.15) is 5.10 Å². The molecule has 0 fully saturated rings. The first-order valence-electron chi connectivity index (χ1n) is 8.91. The van der Waals surface area contributed by atoms with Crippen LogP contribution in [0, 0.1) is 0 Å². The van der Waals surface area contributed by atoms with Crippen LogP contribution in [0.25, 0.3) is 0 Å². The molecule has 0 aromatic heterocycles. The van der Waals surface area contributed by atoms with E-state index in [1.165, 1.54) is 0 Å². The molecule has 142 valence electrons. The number of carbonyl (C=O) groups is 1. The zero-order chi connectivity index (χ0) is 19.8. The van der Waals surface area contributed by atoms with Gasteiger partial charge in [0, 0.05) is 11.1 Å². The molecule has 0 saturated carbocycles. The van der Waals surface area contributed by atoms with Gasteiger partial charge in [-0.15, -0.1) is 0 Å². The molecule has 0 aliphatic heterocycles. The first-order valence-corrected chi connectivity index (χ1v) is 8.91. The highest BCUT2D eigenvalue weighted by molar-refractivity contribution is 6.01. The number of hydrogen-bond donors (Lipinski definition) is 1. The number of ether oxygens (including phenoxy) is 2. The minimum Gasteiger partial charge on any atom is -0.497 e. The molecule has 3 aromatic rings. The van der Waals surface area contributed by atoms with Crippen molar-refractivity contribution in [2.24, 2.45) is 5.10 Å². The number of para-hydroxylation sites is 1. The maximum atomic E-state index is 12.3. The van der Waals surface area contributed by atoms with Gasteiger partial charge in [0.15, 0.2) is 0 Å². The van der Waals surface area contributed by atoms with E-state index in [9.17, 15) is 4.79 Å². The topological polar surface area (TPSA) is 59.9 Å². The van der Waals surface area contributed by atoms with Crippen LogP contribution in [0.5, 0.6) is 11.5 Å². The first-order chi connectivity index (χ1) is 13.7. The molecule has 0 bridgehead atoms. The summed E-state index contributed by atoms with van der Waals surface area (Å²) in [5, 5.41) is 4.18. The van der Waals surface area contributed by atoms with Gasteiger partial charge in [-0.05, 0) is 48.9 Å². The van der Waals surface area contributed by atoms with Crippen LogP contribution < -0.4 is 14.9 Å². The highest BCUT2D eigenvalue weighted by Gasteiger charge is 2.06. The van der Waals surface area contributed by atoms with Gasteiger partial charge in [-0.3, -0.25) is 4.79 Å². The van der Waals surface area contributed by atoms with Crippen LogP contribution in [-0.2, 0) is 6.61 Å². The van der Waals surface area contributed by atoms with Gasteiger partial charge in [0.05, 0.1) is 12.8 Å². The van der Waals surface area contributed by atoms with E-state index in [2.05, 4.69) is 10.5 Å². The minimum absolute atomic E-state index is 0.266. The van der Waals surface area contributed by atoms with Gasteiger partial charge in [0.2, 0.25) is 0 Å². The zero-order valence-corrected chi connectivity index (χ0v) is 15.9. The second kappa shape index (κ2) is 9.37. The molecule has 3 rings (SSSR count). The number of carbonyl (C=O) groups excluding carboxylic acids is 1. The summed E-state index contributed by atoms with van der Waals surface area (Å²) in [5.41, 5.74) is 5.68. The fourth-order valence-corrected chi connectivity index (χ4v) is 2.55. The molecule has 5 heteroatoms. The van der Waals surface area contributed by atoms with E-state index >= 15 is 0 Å². The fraction of sp³-hybridized carbons (Fsp3) is 0.130. The Hall–Kier alpha value is -3.60. The minimum atomic E-state index is -0.266. The van der Waals surface area contributed by atoms with E-state index in [4.69, 9.17) is 9.47 Å². The summed E-state index contributed by atoms with van der Waals surface area (Å²) in [6.45, 7) is 2.28. The van der Waals surface area contributed by atoms with Gasteiger partial charge < -0.3 is 9.47 Å². The van der Waals surface area contributed by atoms with Gasteiger partial charge in [0.1, 0.15) is 18.1 Å². The normalized spacial score (nSPS) is 11.0. The number of hydrazone groups is 1. The number of nitrogens with zero attached hydrogens (tertiary/aromatic N) is 1. The molecule has 0 saturated heterocycles. The second-order valence-corrected chi connectivity index (χ2v) is 6.17. The van der Waals surface area contributed by atoms with E-state index in [0.29, 0.717) is 17.9 Å². The molecule has 1 amide bonds. The fourth-order valence-electron chi connectivity index (χ4n) is 2.55. The van der Waals surface area contributed by atoms with Crippen LogP contribution in [0.2, 0.25) is 0 Å². The van der Waals surface area contributed by atoms with Crippen molar-refractivity contribution in [2.75, 3.05) is 7.11 Å². The Morgan fingerprint density at radius 2 is 1.61 bits per heavy atom. The number of amides is 1.